The number of rotatable bonds is 7. The first-order valence-corrected chi connectivity index (χ1v) is 13.6. The van der Waals surface area contributed by atoms with Crippen LogP contribution in [0.5, 0.6) is 5.75 Å². The lowest BCUT2D eigenvalue weighted by molar-refractivity contribution is -0.385. The number of hydrogen-bond acceptors (Lipinski definition) is 9. The molecule has 2 aromatic carbocycles. The number of nitro groups is 1. The molecule has 0 unspecified atom stereocenters. The summed E-state index contributed by atoms with van der Waals surface area (Å²) < 4.78 is 11.2. The average molecular weight is 603 g/mol. The maximum atomic E-state index is 12.6. The molecule has 1 N–H and O–H groups in total. The molecule has 0 aliphatic heterocycles. The lowest BCUT2D eigenvalue weighted by Crippen LogP contribution is -2.46. The zero-order chi connectivity index (χ0) is 31.4. The topological polar surface area (TPSA) is 133 Å². The number of nitrogens with one attached hydrogen (secondary N) is 1. The predicted molar refractivity (Wildman–Crippen MR) is 164 cm³/mol. The van der Waals surface area contributed by atoms with Crippen LogP contribution in [0.3, 0.4) is 0 Å². The van der Waals surface area contributed by atoms with E-state index >= 15 is 0 Å². The van der Waals surface area contributed by atoms with E-state index < -0.39 is 22.2 Å². The van der Waals surface area contributed by atoms with Crippen molar-refractivity contribution in [1.29, 1.82) is 0 Å². The van der Waals surface area contributed by atoms with Crippen LogP contribution in [-0.2, 0) is 11.3 Å². The number of carbonyl (C=O) groups excluding carboxylic acids is 1. The first-order chi connectivity index (χ1) is 20.2. The van der Waals surface area contributed by atoms with E-state index in [4.69, 9.17) is 21.1 Å². The Morgan fingerprint density at radius 1 is 1.09 bits per heavy atom. The number of carbonyl (C=O) groups is 1. The molecule has 1 amide bonds. The molecule has 0 bridgehead atoms. The highest BCUT2D eigenvalue weighted by atomic mass is 35.5. The Balaban J connectivity index is 1.60. The van der Waals surface area contributed by atoms with Gasteiger partial charge in [0.1, 0.15) is 41.2 Å². The second-order valence-corrected chi connectivity index (χ2v) is 11.5. The fourth-order valence-electron chi connectivity index (χ4n) is 3.77. The number of pyridine rings is 1. The number of nitrogens with zero attached hydrogens (tertiary/aromatic N) is 5. The number of anilines is 2. The second-order valence-electron chi connectivity index (χ2n) is 11.1. The van der Waals surface area contributed by atoms with Crippen LogP contribution in [0.2, 0.25) is 5.02 Å². The largest absolute Gasteiger partial charge is 0.486 e. The Kier molecular flexibility index (Phi) is 9.01. The van der Waals surface area contributed by atoms with Gasteiger partial charge in [-0.3, -0.25) is 20.0 Å². The molecule has 0 saturated heterocycles. The molecule has 43 heavy (non-hydrogen) atoms. The van der Waals surface area contributed by atoms with Gasteiger partial charge < -0.3 is 14.8 Å². The fourth-order valence-corrected chi connectivity index (χ4v) is 4.01. The van der Waals surface area contributed by atoms with Crippen LogP contribution < -0.4 is 10.1 Å². The monoisotopic (exact) mass is 602 g/mol. The van der Waals surface area contributed by atoms with E-state index in [0.29, 0.717) is 33.2 Å². The molecule has 0 saturated carbocycles. The molecule has 222 valence electrons. The van der Waals surface area contributed by atoms with Crippen molar-refractivity contribution in [3.8, 4) is 17.6 Å². The lowest BCUT2D eigenvalue weighted by atomic mass is 10.0. The summed E-state index contributed by atoms with van der Waals surface area (Å²) in [5.74, 6) is 6.66. The molecule has 2 heterocycles. The van der Waals surface area contributed by atoms with Gasteiger partial charge in [0.25, 0.3) is 5.69 Å². The minimum atomic E-state index is -0.990. The Morgan fingerprint density at radius 3 is 2.51 bits per heavy atom. The van der Waals surface area contributed by atoms with E-state index in [0.717, 1.165) is 5.69 Å². The molecule has 2 aromatic heterocycles. The number of benzene rings is 2. The van der Waals surface area contributed by atoms with E-state index in [1.165, 1.54) is 23.4 Å². The summed E-state index contributed by atoms with van der Waals surface area (Å²) in [7, 11) is 1.56. The maximum absolute atomic E-state index is 12.6. The van der Waals surface area contributed by atoms with E-state index in [1.54, 1.807) is 66.1 Å². The third-order valence-corrected chi connectivity index (χ3v) is 6.55. The number of hydrogen-bond donors (Lipinski definition) is 1. The van der Waals surface area contributed by atoms with Crippen LogP contribution in [0.4, 0.5) is 22.0 Å². The van der Waals surface area contributed by atoms with Crippen LogP contribution in [0, 0.1) is 22.0 Å². The summed E-state index contributed by atoms with van der Waals surface area (Å²) in [6.45, 7) is 9.01. The Labute approximate surface area is 254 Å². The number of nitro benzene ring substituents is 1. The van der Waals surface area contributed by atoms with Crippen molar-refractivity contribution in [3.63, 3.8) is 0 Å². The van der Waals surface area contributed by atoms with Crippen LogP contribution in [0.15, 0.2) is 61.1 Å². The summed E-state index contributed by atoms with van der Waals surface area (Å²) >= 11 is 6.46. The van der Waals surface area contributed by atoms with Gasteiger partial charge in [-0.2, -0.15) is 0 Å². The molecular formula is C31H31ClN6O5. The normalized spacial score (nSPS) is 11.3. The summed E-state index contributed by atoms with van der Waals surface area (Å²) in [5.41, 5.74) is 0.0305. The molecule has 0 atom stereocenters. The first kappa shape index (κ1) is 31.0. The van der Waals surface area contributed by atoms with E-state index in [1.807, 2.05) is 18.2 Å². The molecule has 0 aliphatic rings. The van der Waals surface area contributed by atoms with Crippen molar-refractivity contribution in [3.05, 3.63) is 87.4 Å². The highest BCUT2D eigenvalue weighted by Crippen LogP contribution is 2.33. The molecule has 0 spiro atoms. The predicted octanol–water partition coefficient (Wildman–Crippen LogP) is 6.91. The van der Waals surface area contributed by atoms with Gasteiger partial charge in [-0.25, -0.2) is 14.8 Å². The molecule has 0 radical (unpaired) electrons. The van der Waals surface area contributed by atoms with Gasteiger partial charge in [0.15, 0.2) is 0 Å². The molecule has 12 heteroatoms. The van der Waals surface area contributed by atoms with Crippen molar-refractivity contribution in [1.82, 2.24) is 19.9 Å². The number of amides is 1. The molecule has 0 fully saturated rings. The highest BCUT2D eigenvalue weighted by molar-refractivity contribution is 6.32. The maximum Gasteiger partial charge on any atom is 0.411 e. The Bertz CT molecular complexity index is 1730. The minimum absolute atomic E-state index is 0.144. The fraction of sp³-hybridized carbons (Fsp3) is 0.290. The van der Waals surface area contributed by atoms with Gasteiger partial charge in [-0.05, 0) is 71.0 Å². The zero-order valence-corrected chi connectivity index (χ0v) is 25.4. The van der Waals surface area contributed by atoms with Gasteiger partial charge in [-0.1, -0.05) is 29.5 Å². The molecule has 4 rings (SSSR count). The number of halogens is 1. The second kappa shape index (κ2) is 12.5. The van der Waals surface area contributed by atoms with Gasteiger partial charge >= 0.3 is 6.09 Å². The van der Waals surface area contributed by atoms with Crippen molar-refractivity contribution in [2.45, 2.75) is 52.4 Å². The molecular weight excluding hydrogens is 572 g/mol. The van der Waals surface area contributed by atoms with E-state index in [9.17, 15) is 14.9 Å². The van der Waals surface area contributed by atoms with Crippen LogP contribution >= 0.6 is 11.6 Å². The van der Waals surface area contributed by atoms with Crippen molar-refractivity contribution < 1.29 is 19.2 Å². The SMILES string of the molecule is CN(C(=O)OC(C)(C)C)C(C)(C)C#Cc1cc2ncnc(Nc3ccc(OCc4ccccn4)c(Cl)c3)c2cc1[N+](=O)[O-]. The van der Waals surface area contributed by atoms with Crippen molar-refractivity contribution in [2.75, 3.05) is 12.4 Å². The summed E-state index contributed by atoms with van der Waals surface area (Å²) in [4.78, 5) is 38.3. The molecule has 0 aliphatic carbocycles. The van der Waals surface area contributed by atoms with Crippen molar-refractivity contribution in [2.24, 2.45) is 0 Å². The minimum Gasteiger partial charge on any atom is -0.486 e. The third-order valence-electron chi connectivity index (χ3n) is 6.25. The number of ether oxygens (including phenoxy) is 2. The molecule has 11 nitrogen and oxygen atoms in total. The quantitative estimate of drug-likeness (QED) is 0.136. The number of aromatic nitrogens is 3. The van der Waals surface area contributed by atoms with Crippen LogP contribution in [-0.4, -0.2) is 49.1 Å². The molecule has 4 aromatic rings. The Hall–Kier alpha value is -4.95. The van der Waals surface area contributed by atoms with Crippen molar-refractivity contribution >= 4 is 45.8 Å². The zero-order valence-electron chi connectivity index (χ0n) is 24.6. The Morgan fingerprint density at radius 2 is 1.86 bits per heavy atom. The standard InChI is InChI=1S/C31H31ClN6O5/c1-30(2,3)43-29(39)37(6)31(4,5)13-12-20-15-25-23(17-26(20)38(40)41)28(35-19-34-25)36-21-10-11-27(24(32)16-21)42-18-22-9-7-8-14-33-22/h7-11,14-17,19H,18H2,1-6H3,(H,34,35,36). The van der Waals surface area contributed by atoms with Crippen LogP contribution in [0.25, 0.3) is 10.9 Å². The average Bonchev–Trinajstić information content (AvgIpc) is 2.94. The first-order valence-electron chi connectivity index (χ1n) is 13.3. The van der Waals surface area contributed by atoms with Gasteiger partial charge in [-0.15, -0.1) is 0 Å². The van der Waals surface area contributed by atoms with E-state index in [2.05, 4.69) is 32.1 Å². The van der Waals surface area contributed by atoms with Gasteiger partial charge in [0, 0.05) is 30.4 Å². The van der Waals surface area contributed by atoms with Gasteiger partial charge in [0.2, 0.25) is 0 Å². The third kappa shape index (κ3) is 7.87. The van der Waals surface area contributed by atoms with Crippen LogP contribution in [0.1, 0.15) is 45.9 Å². The van der Waals surface area contributed by atoms with E-state index in [-0.39, 0.29) is 17.9 Å². The lowest BCUT2D eigenvalue weighted by Gasteiger charge is -2.32. The smallest absolute Gasteiger partial charge is 0.411 e. The number of fused-ring (bicyclic) bond motifs is 1. The summed E-state index contributed by atoms with van der Waals surface area (Å²) in [6, 6.07) is 13.6. The summed E-state index contributed by atoms with van der Waals surface area (Å²) in [6.07, 6.45) is 2.47. The summed E-state index contributed by atoms with van der Waals surface area (Å²) in [5, 5.41) is 16.0. The van der Waals surface area contributed by atoms with Gasteiger partial charge in [0.05, 0.1) is 21.2 Å². The highest BCUT2D eigenvalue weighted by Gasteiger charge is 2.30.